The standard InChI is InChI=1S/C22H25NO6/c1-3-12-29-22(27)20(16-8-6-5-7-9-16)23-19(24)14-15-10-11-17(21(25)26)18(13-15)28-4-2/h5-11,13,20H,3-4,12,14H2,1-2H3,(H,23,24)(H,25,26). The van der Waals surface area contributed by atoms with Gasteiger partial charge in [0.2, 0.25) is 5.91 Å². The highest BCUT2D eigenvalue weighted by atomic mass is 16.5. The average Bonchev–Trinajstić information content (AvgIpc) is 2.71. The van der Waals surface area contributed by atoms with Crippen molar-refractivity contribution >= 4 is 17.8 Å². The third-order valence-electron chi connectivity index (χ3n) is 4.06. The quantitative estimate of drug-likeness (QED) is 0.595. The predicted octanol–water partition coefficient (Wildman–Crippen LogP) is 3.14. The maximum absolute atomic E-state index is 12.6. The summed E-state index contributed by atoms with van der Waals surface area (Å²) in [6.07, 6.45) is 0.641. The Bertz CT molecular complexity index is 850. The fourth-order valence-corrected chi connectivity index (χ4v) is 2.74. The van der Waals surface area contributed by atoms with Crippen molar-refractivity contribution in [2.24, 2.45) is 0 Å². The Labute approximate surface area is 169 Å². The first-order chi connectivity index (χ1) is 14.0. The molecule has 0 bridgehead atoms. The van der Waals surface area contributed by atoms with Gasteiger partial charge in [-0.25, -0.2) is 9.59 Å². The third kappa shape index (κ3) is 6.34. The lowest BCUT2D eigenvalue weighted by atomic mass is 10.0. The molecule has 1 unspecified atom stereocenters. The summed E-state index contributed by atoms with van der Waals surface area (Å²) >= 11 is 0. The highest BCUT2D eigenvalue weighted by molar-refractivity contribution is 5.91. The number of nitrogens with one attached hydrogen (secondary N) is 1. The van der Waals surface area contributed by atoms with E-state index in [2.05, 4.69) is 5.32 Å². The Balaban J connectivity index is 2.16. The summed E-state index contributed by atoms with van der Waals surface area (Å²) in [5, 5.41) is 11.9. The maximum atomic E-state index is 12.6. The number of ether oxygens (including phenoxy) is 2. The van der Waals surface area contributed by atoms with E-state index in [1.165, 1.54) is 12.1 Å². The number of esters is 1. The first-order valence-electron chi connectivity index (χ1n) is 9.46. The summed E-state index contributed by atoms with van der Waals surface area (Å²) in [7, 11) is 0. The number of carboxylic acid groups (broad SMARTS) is 1. The van der Waals surface area contributed by atoms with Gasteiger partial charge in [0.05, 0.1) is 19.6 Å². The zero-order chi connectivity index (χ0) is 21.2. The van der Waals surface area contributed by atoms with Gasteiger partial charge in [0.25, 0.3) is 0 Å². The first kappa shape index (κ1) is 21.9. The Kier molecular flexibility index (Phi) is 8.21. The normalized spacial score (nSPS) is 11.4. The van der Waals surface area contributed by atoms with Crippen LogP contribution in [-0.2, 0) is 20.7 Å². The topological polar surface area (TPSA) is 102 Å². The zero-order valence-corrected chi connectivity index (χ0v) is 16.5. The molecular formula is C22H25NO6. The van der Waals surface area contributed by atoms with Gasteiger partial charge in [-0.2, -0.15) is 0 Å². The first-order valence-corrected chi connectivity index (χ1v) is 9.46. The molecule has 2 aromatic rings. The number of carbonyl (C=O) groups is 3. The molecule has 7 heteroatoms. The number of benzene rings is 2. The highest BCUT2D eigenvalue weighted by Crippen LogP contribution is 2.22. The molecule has 0 fully saturated rings. The van der Waals surface area contributed by atoms with E-state index in [9.17, 15) is 19.5 Å². The van der Waals surface area contributed by atoms with E-state index in [-0.39, 0.29) is 24.3 Å². The fourth-order valence-electron chi connectivity index (χ4n) is 2.74. The maximum Gasteiger partial charge on any atom is 0.339 e. The number of carboxylic acids is 1. The molecular weight excluding hydrogens is 374 g/mol. The Hall–Kier alpha value is -3.35. The molecule has 1 amide bonds. The number of hydrogen-bond acceptors (Lipinski definition) is 5. The molecule has 0 saturated heterocycles. The average molecular weight is 399 g/mol. The largest absolute Gasteiger partial charge is 0.493 e. The molecule has 154 valence electrons. The molecule has 2 N–H and O–H groups in total. The van der Waals surface area contributed by atoms with Gasteiger partial charge in [-0.15, -0.1) is 0 Å². The third-order valence-corrected chi connectivity index (χ3v) is 4.06. The van der Waals surface area contributed by atoms with Crippen molar-refractivity contribution in [3.05, 3.63) is 65.2 Å². The predicted molar refractivity (Wildman–Crippen MR) is 107 cm³/mol. The van der Waals surface area contributed by atoms with Crippen LogP contribution in [0.2, 0.25) is 0 Å². The lowest BCUT2D eigenvalue weighted by molar-refractivity contribution is -0.148. The monoisotopic (exact) mass is 399 g/mol. The van der Waals surface area contributed by atoms with Crippen molar-refractivity contribution in [2.45, 2.75) is 32.7 Å². The summed E-state index contributed by atoms with van der Waals surface area (Å²) in [5.41, 5.74) is 1.23. The SMILES string of the molecule is CCCOC(=O)C(NC(=O)Cc1ccc(C(=O)O)c(OCC)c1)c1ccccc1. The van der Waals surface area contributed by atoms with Gasteiger partial charge >= 0.3 is 11.9 Å². The summed E-state index contributed by atoms with van der Waals surface area (Å²) in [5.74, 6) is -1.82. The molecule has 1 atom stereocenters. The summed E-state index contributed by atoms with van der Waals surface area (Å²) < 4.78 is 10.6. The molecule has 0 radical (unpaired) electrons. The van der Waals surface area contributed by atoms with Gasteiger partial charge in [-0.3, -0.25) is 4.79 Å². The smallest absolute Gasteiger partial charge is 0.339 e. The summed E-state index contributed by atoms with van der Waals surface area (Å²) in [6.45, 7) is 4.21. The minimum absolute atomic E-state index is 0.0290. The molecule has 0 saturated carbocycles. The molecule has 0 heterocycles. The number of amides is 1. The van der Waals surface area contributed by atoms with Crippen LogP contribution in [0.15, 0.2) is 48.5 Å². The van der Waals surface area contributed by atoms with E-state index in [1.807, 2.05) is 13.0 Å². The van der Waals surface area contributed by atoms with Crippen LogP contribution >= 0.6 is 0 Å². The van der Waals surface area contributed by atoms with Crippen LogP contribution in [0.5, 0.6) is 5.75 Å². The van der Waals surface area contributed by atoms with Gasteiger partial charge in [-0.05, 0) is 36.6 Å². The summed E-state index contributed by atoms with van der Waals surface area (Å²) in [4.78, 5) is 36.3. The second kappa shape index (κ2) is 10.8. The van der Waals surface area contributed by atoms with Crippen LogP contribution in [-0.4, -0.2) is 36.2 Å². The van der Waals surface area contributed by atoms with E-state index in [0.29, 0.717) is 24.2 Å². The van der Waals surface area contributed by atoms with E-state index in [1.54, 1.807) is 37.3 Å². The van der Waals surface area contributed by atoms with Crippen LogP contribution < -0.4 is 10.1 Å². The van der Waals surface area contributed by atoms with Gasteiger partial charge in [-0.1, -0.05) is 43.3 Å². The van der Waals surface area contributed by atoms with Gasteiger partial charge in [0, 0.05) is 0 Å². The lowest BCUT2D eigenvalue weighted by Crippen LogP contribution is -2.36. The Morgan fingerprint density at radius 2 is 1.79 bits per heavy atom. The highest BCUT2D eigenvalue weighted by Gasteiger charge is 2.24. The second-order valence-electron chi connectivity index (χ2n) is 6.32. The number of aromatic carboxylic acids is 1. The van der Waals surface area contributed by atoms with E-state index < -0.39 is 23.9 Å². The second-order valence-corrected chi connectivity index (χ2v) is 6.32. The van der Waals surface area contributed by atoms with Crippen molar-refractivity contribution in [1.82, 2.24) is 5.32 Å². The summed E-state index contributed by atoms with van der Waals surface area (Å²) in [6, 6.07) is 12.4. The number of carbonyl (C=O) groups excluding carboxylic acids is 2. The van der Waals surface area contributed by atoms with Crippen LogP contribution in [0.3, 0.4) is 0 Å². The van der Waals surface area contributed by atoms with Crippen molar-refractivity contribution in [1.29, 1.82) is 0 Å². The van der Waals surface area contributed by atoms with E-state index >= 15 is 0 Å². The lowest BCUT2D eigenvalue weighted by Gasteiger charge is -2.18. The van der Waals surface area contributed by atoms with Crippen LogP contribution in [0, 0.1) is 0 Å². The van der Waals surface area contributed by atoms with Gasteiger partial charge < -0.3 is 19.9 Å². The molecule has 0 aliphatic heterocycles. The molecule has 7 nitrogen and oxygen atoms in total. The Morgan fingerprint density at radius 3 is 2.41 bits per heavy atom. The van der Waals surface area contributed by atoms with Crippen LogP contribution in [0.1, 0.15) is 47.8 Å². The minimum Gasteiger partial charge on any atom is -0.493 e. The van der Waals surface area contributed by atoms with Crippen molar-refractivity contribution in [3.63, 3.8) is 0 Å². The molecule has 0 aliphatic carbocycles. The van der Waals surface area contributed by atoms with Crippen LogP contribution in [0.25, 0.3) is 0 Å². The number of rotatable bonds is 10. The minimum atomic E-state index is -1.10. The van der Waals surface area contributed by atoms with E-state index in [4.69, 9.17) is 9.47 Å². The van der Waals surface area contributed by atoms with Gasteiger partial charge in [0.1, 0.15) is 11.3 Å². The molecule has 2 aromatic carbocycles. The number of hydrogen-bond donors (Lipinski definition) is 2. The molecule has 0 aromatic heterocycles. The fraction of sp³-hybridized carbons (Fsp3) is 0.318. The van der Waals surface area contributed by atoms with Crippen LogP contribution in [0.4, 0.5) is 0 Å². The molecule has 2 rings (SSSR count). The van der Waals surface area contributed by atoms with E-state index in [0.717, 1.165) is 0 Å². The van der Waals surface area contributed by atoms with Gasteiger partial charge in [0.15, 0.2) is 6.04 Å². The Morgan fingerprint density at radius 1 is 1.07 bits per heavy atom. The van der Waals surface area contributed by atoms with Crippen molar-refractivity contribution in [3.8, 4) is 5.75 Å². The van der Waals surface area contributed by atoms with Crippen molar-refractivity contribution < 1.29 is 29.0 Å². The molecule has 0 aliphatic rings. The zero-order valence-electron chi connectivity index (χ0n) is 16.5. The molecule has 0 spiro atoms. The van der Waals surface area contributed by atoms with Crippen molar-refractivity contribution in [2.75, 3.05) is 13.2 Å². The molecule has 29 heavy (non-hydrogen) atoms.